The molecule has 5 nitrogen and oxygen atoms in total. The Hall–Kier alpha value is -1.82. The first-order chi connectivity index (χ1) is 10.4. The summed E-state index contributed by atoms with van der Waals surface area (Å²) in [5.74, 6) is -2.48. The maximum atomic E-state index is 9.85. The molecule has 22 heavy (non-hydrogen) atoms. The van der Waals surface area contributed by atoms with Crippen molar-refractivity contribution in [2.24, 2.45) is 5.92 Å². The zero-order valence-corrected chi connectivity index (χ0v) is 12.6. The van der Waals surface area contributed by atoms with E-state index in [9.17, 15) is 20.4 Å². The Bertz CT molecular complexity index is 548. The molecule has 5 N–H and O–H groups in total. The average Bonchev–Trinajstić information content (AvgIpc) is 2.44. The molecule has 0 spiro atoms. The number of aromatic hydroxyl groups is 1. The van der Waals surface area contributed by atoms with Gasteiger partial charge in [0, 0.05) is 6.04 Å². The number of phenols is 1. The molecule has 120 valence electrons. The minimum Gasteiger partial charge on any atom is -0.512 e. The zero-order chi connectivity index (χ0) is 16.2. The van der Waals surface area contributed by atoms with E-state index in [0.717, 1.165) is 12.0 Å². The molecule has 0 heterocycles. The lowest BCUT2D eigenvalue weighted by Gasteiger charge is -2.30. The van der Waals surface area contributed by atoms with Crippen LogP contribution in [0.4, 0.5) is 0 Å². The van der Waals surface area contributed by atoms with Crippen molar-refractivity contribution in [1.82, 2.24) is 5.32 Å². The van der Waals surface area contributed by atoms with Crippen molar-refractivity contribution in [3.05, 3.63) is 53.8 Å². The third-order valence-corrected chi connectivity index (χ3v) is 3.88. The number of phenolic OH excluding ortho intramolecular Hbond substituents is 1. The molecule has 2 atom stereocenters. The Kier molecular flexibility index (Phi) is 5.24. The van der Waals surface area contributed by atoms with Crippen LogP contribution in [0.2, 0.25) is 0 Å². The van der Waals surface area contributed by atoms with Gasteiger partial charge in [0.25, 0.3) is 0 Å². The number of hydrogen-bond acceptors (Lipinski definition) is 5. The first-order valence-corrected chi connectivity index (χ1v) is 7.43. The van der Waals surface area contributed by atoms with Gasteiger partial charge in [-0.15, -0.1) is 0 Å². The maximum absolute atomic E-state index is 9.85. The van der Waals surface area contributed by atoms with Crippen LogP contribution in [-0.2, 0) is 6.42 Å². The van der Waals surface area contributed by atoms with E-state index in [0.29, 0.717) is 13.0 Å². The van der Waals surface area contributed by atoms with Gasteiger partial charge >= 0.3 is 0 Å². The summed E-state index contributed by atoms with van der Waals surface area (Å²) in [6.45, 7) is 2.59. The Morgan fingerprint density at radius 1 is 1.18 bits per heavy atom. The molecule has 0 bridgehead atoms. The minimum absolute atomic E-state index is 0.0134. The largest absolute Gasteiger partial charge is 0.512 e. The number of aliphatic hydroxyl groups excluding tert-OH is 1. The Balaban J connectivity index is 1.79. The predicted octanol–water partition coefficient (Wildman–Crippen LogP) is 1.61. The second-order valence-corrected chi connectivity index (χ2v) is 5.80. The van der Waals surface area contributed by atoms with Gasteiger partial charge in [-0.2, -0.15) is 0 Å². The van der Waals surface area contributed by atoms with Gasteiger partial charge < -0.3 is 25.7 Å². The molecule has 0 aromatic heterocycles. The molecular weight excluding hydrogens is 282 g/mol. The highest BCUT2D eigenvalue weighted by atomic mass is 16.5. The van der Waals surface area contributed by atoms with Crippen molar-refractivity contribution in [3.63, 3.8) is 0 Å². The number of allylic oxidation sites excluding steroid dienone is 2. The van der Waals surface area contributed by atoms with Gasteiger partial charge in [-0.1, -0.05) is 18.2 Å². The molecule has 0 radical (unpaired) electrons. The van der Waals surface area contributed by atoms with E-state index in [1.807, 2.05) is 19.1 Å². The second-order valence-electron chi connectivity index (χ2n) is 5.80. The molecule has 1 aromatic carbocycles. The minimum atomic E-state index is -2.00. The summed E-state index contributed by atoms with van der Waals surface area (Å²) in [5, 5.41) is 42.0. The van der Waals surface area contributed by atoms with Crippen molar-refractivity contribution in [2.75, 3.05) is 6.54 Å². The molecule has 0 fully saturated rings. The fourth-order valence-electron chi connectivity index (χ4n) is 2.63. The van der Waals surface area contributed by atoms with Crippen LogP contribution in [-0.4, -0.2) is 38.8 Å². The summed E-state index contributed by atoms with van der Waals surface area (Å²) in [6.07, 6.45) is 5.41. The van der Waals surface area contributed by atoms with Gasteiger partial charge in [0.05, 0.1) is 5.92 Å². The molecule has 2 unspecified atom stereocenters. The van der Waals surface area contributed by atoms with Gasteiger partial charge in [-0.3, -0.25) is 0 Å². The highest BCUT2D eigenvalue weighted by Gasteiger charge is 2.36. The zero-order valence-electron chi connectivity index (χ0n) is 12.6. The van der Waals surface area contributed by atoms with Gasteiger partial charge in [-0.25, -0.2) is 0 Å². The van der Waals surface area contributed by atoms with E-state index in [-0.39, 0.29) is 17.6 Å². The number of aliphatic hydroxyl groups is 3. The second kappa shape index (κ2) is 6.96. The van der Waals surface area contributed by atoms with Crippen molar-refractivity contribution in [3.8, 4) is 5.75 Å². The molecule has 0 saturated carbocycles. The molecule has 0 aliphatic heterocycles. The number of nitrogens with one attached hydrogen (secondary N) is 1. The Labute approximate surface area is 130 Å². The lowest BCUT2D eigenvalue weighted by atomic mass is 9.89. The van der Waals surface area contributed by atoms with E-state index >= 15 is 0 Å². The van der Waals surface area contributed by atoms with Crippen LogP contribution >= 0.6 is 0 Å². The van der Waals surface area contributed by atoms with Crippen LogP contribution in [0.15, 0.2) is 48.3 Å². The lowest BCUT2D eigenvalue weighted by molar-refractivity contribution is -0.159. The molecule has 2 rings (SSSR count). The molecule has 1 aromatic rings. The van der Waals surface area contributed by atoms with Gasteiger partial charge in [0.15, 0.2) is 5.79 Å². The third-order valence-electron chi connectivity index (χ3n) is 3.88. The van der Waals surface area contributed by atoms with Crippen LogP contribution in [0.3, 0.4) is 0 Å². The summed E-state index contributed by atoms with van der Waals surface area (Å²) < 4.78 is 0. The monoisotopic (exact) mass is 305 g/mol. The van der Waals surface area contributed by atoms with E-state index in [1.165, 1.54) is 18.2 Å². The van der Waals surface area contributed by atoms with Gasteiger partial charge in [0.2, 0.25) is 0 Å². The Morgan fingerprint density at radius 3 is 2.50 bits per heavy atom. The van der Waals surface area contributed by atoms with Crippen molar-refractivity contribution in [2.45, 2.75) is 31.6 Å². The highest BCUT2D eigenvalue weighted by Crippen LogP contribution is 2.29. The molecule has 1 aliphatic carbocycles. The van der Waals surface area contributed by atoms with Crippen LogP contribution in [0.25, 0.3) is 0 Å². The summed E-state index contributed by atoms with van der Waals surface area (Å²) in [4.78, 5) is 0. The van der Waals surface area contributed by atoms with Crippen LogP contribution < -0.4 is 5.32 Å². The predicted molar refractivity (Wildman–Crippen MR) is 84.4 cm³/mol. The van der Waals surface area contributed by atoms with E-state index in [2.05, 4.69) is 5.32 Å². The summed E-state index contributed by atoms with van der Waals surface area (Å²) in [5.41, 5.74) is 1.11. The fraction of sp³-hybridized carbons (Fsp3) is 0.412. The molecule has 0 saturated heterocycles. The van der Waals surface area contributed by atoms with Gasteiger partial charge in [-0.05, 0) is 56.2 Å². The summed E-state index contributed by atoms with van der Waals surface area (Å²) >= 11 is 0. The highest BCUT2D eigenvalue weighted by molar-refractivity contribution is 5.26. The topological polar surface area (TPSA) is 93.0 Å². The molecule has 5 heteroatoms. The normalized spacial score (nSPS) is 21.4. The first-order valence-electron chi connectivity index (χ1n) is 7.43. The van der Waals surface area contributed by atoms with E-state index in [1.54, 1.807) is 12.1 Å². The molecule has 0 amide bonds. The molecular formula is C17H23NO4. The third kappa shape index (κ3) is 4.34. The van der Waals surface area contributed by atoms with Crippen LogP contribution in [0.5, 0.6) is 5.75 Å². The standard InChI is InChI=1S/C17H23NO4/c1-12(11-13-4-6-14(19)7-5-13)18-10-8-15-16(20)3-2-9-17(15,21)22/h2-7,9,12,15,18-22H,8,10-11H2,1H3. The first kappa shape index (κ1) is 16.5. The fourth-order valence-corrected chi connectivity index (χ4v) is 2.63. The number of hydrogen-bond donors (Lipinski definition) is 5. The molecule has 1 aliphatic rings. The van der Waals surface area contributed by atoms with E-state index in [4.69, 9.17) is 0 Å². The smallest absolute Gasteiger partial charge is 0.193 e. The average molecular weight is 305 g/mol. The quantitative estimate of drug-likeness (QED) is 0.515. The van der Waals surface area contributed by atoms with Crippen molar-refractivity contribution >= 4 is 0 Å². The van der Waals surface area contributed by atoms with Crippen LogP contribution in [0.1, 0.15) is 18.9 Å². The van der Waals surface area contributed by atoms with Crippen LogP contribution in [0, 0.1) is 5.92 Å². The summed E-state index contributed by atoms with van der Waals surface area (Å²) in [6, 6.07) is 7.26. The number of rotatable bonds is 6. The van der Waals surface area contributed by atoms with Gasteiger partial charge in [0.1, 0.15) is 11.5 Å². The lowest BCUT2D eigenvalue weighted by Crippen LogP contribution is -2.41. The van der Waals surface area contributed by atoms with E-state index < -0.39 is 11.7 Å². The van der Waals surface area contributed by atoms with Crippen molar-refractivity contribution in [1.29, 1.82) is 0 Å². The van der Waals surface area contributed by atoms with Crippen molar-refractivity contribution < 1.29 is 20.4 Å². The Morgan fingerprint density at radius 2 is 1.86 bits per heavy atom. The number of benzene rings is 1. The maximum Gasteiger partial charge on any atom is 0.193 e. The SMILES string of the molecule is CC(Cc1ccc(O)cc1)NCCC1C(O)=CC=CC1(O)O. The summed E-state index contributed by atoms with van der Waals surface area (Å²) in [7, 11) is 0.